The zero-order valence-corrected chi connectivity index (χ0v) is 10.1. The van der Waals surface area contributed by atoms with Gasteiger partial charge in [0.15, 0.2) is 0 Å². The monoisotopic (exact) mass is 283 g/mol. The number of hydrogen-bond donors (Lipinski definition) is 3. The van der Waals surface area contributed by atoms with Gasteiger partial charge in [-0.05, 0) is 16.6 Å². The molecule has 3 N–H and O–H groups in total. The molecule has 1 aromatic carbocycles. The normalized spacial score (nSPS) is 14.4. The Balaban J connectivity index is 0.000000437. The second kappa shape index (κ2) is 7.48. The van der Waals surface area contributed by atoms with Crippen LogP contribution in [0, 0.1) is 0 Å². The van der Waals surface area contributed by atoms with Gasteiger partial charge in [-0.1, -0.05) is 30.3 Å². The molecular weight excluding hydrogens is 272 g/mol. The van der Waals surface area contributed by atoms with E-state index in [4.69, 9.17) is 22.6 Å². The quantitative estimate of drug-likeness (QED) is 0.522. The van der Waals surface area contributed by atoms with E-state index in [1.807, 2.05) is 0 Å². The zero-order chi connectivity index (χ0) is 13.5. The maximum atomic E-state index is 10.6. The number of aliphatic hydroxyl groups is 1. The molecule has 2 unspecified atom stereocenters. The Labute approximate surface area is 101 Å². The van der Waals surface area contributed by atoms with E-state index >= 15 is 0 Å². The lowest BCUT2D eigenvalue weighted by atomic mass is 10.2. The molecule has 0 saturated carbocycles. The third kappa shape index (κ3) is 8.92. The smallest absolute Gasteiger partial charge is 0.394 e. The van der Waals surface area contributed by atoms with Crippen molar-refractivity contribution in [3.8, 4) is 0 Å². The summed E-state index contributed by atoms with van der Waals surface area (Å²) in [5.41, 5.74) is 0.619. The minimum absolute atomic E-state index is 0.375. The van der Waals surface area contributed by atoms with Gasteiger partial charge >= 0.3 is 10.4 Å². The second-order valence-electron chi connectivity index (χ2n) is 2.79. The Kier molecular flexibility index (Phi) is 7.11. The minimum Gasteiger partial charge on any atom is -0.772 e. The number of rotatable bonds is 3. The lowest BCUT2D eigenvalue weighted by Crippen LogP contribution is -2.09. The first-order valence-electron chi connectivity index (χ1n) is 4.19. The Morgan fingerprint density at radius 1 is 1.24 bits per heavy atom. The summed E-state index contributed by atoms with van der Waals surface area (Å²) in [6.07, 6.45) is 0. The summed E-state index contributed by atoms with van der Waals surface area (Å²) >= 11 is -2.25. The van der Waals surface area contributed by atoms with E-state index in [1.165, 1.54) is 0 Å². The third-order valence-corrected chi connectivity index (χ3v) is 2.46. The molecular formula is C8H11O7S2-. The van der Waals surface area contributed by atoms with Gasteiger partial charge in [-0.25, -0.2) is 0 Å². The summed E-state index contributed by atoms with van der Waals surface area (Å²) in [4.78, 5) is 0. The fourth-order valence-electron chi connectivity index (χ4n) is 0.945. The lowest BCUT2D eigenvalue weighted by molar-refractivity contribution is 0.289. The van der Waals surface area contributed by atoms with E-state index in [1.54, 1.807) is 30.3 Å². The van der Waals surface area contributed by atoms with Crippen LogP contribution in [-0.2, 0) is 21.5 Å². The van der Waals surface area contributed by atoms with Gasteiger partial charge in [0.05, 0.1) is 11.9 Å². The number of aliphatic hydroxyl groups excluding tert-OH is 1. The van der Waals surface area contributed by atoms with E-state index in [0.29, 0.717) is 5.56 Å². The maximum Gasteiger partial charge on any atom is 0.394 e. The van der Waals surface area contributed by atoms with Crippen LogP contribution in [0.1, 0.15) is 10.8 Å². The molecule has 1 aromatic rings. The summed E-state index contributed by atoms with van der Waals surface area (Å²) in [7, 11) is -4.67. The van der Waals surface area contributed by atoms with E-state index in [9.17, 15) is 8.76 Å². The highest BCUT2D eigenvalue weighted by Gasteiger charge is 2.09. The standard InChI is InChI=1S/C8H10O3S.H2O4S/c9-6-8(12(10)11)7-4-2-1-3-5-7;1-5(2,3)4/h1-5,8-9H,6H2,(H,10,11);(H2,1,2,3,4)/p-1. The van der Waals surface area contributed by atoms with Crippen molar-refractivity contribution in [1.29, 1.82) is 0 Å². The molecule has 7 nitrogen and oxygen atoms in total. The van der Waals surface area contributed by atoms with Gasteiger partial charge in [-0.2, -0.15) is 8.42 Å². The van der Waals surface area contributed by atoms with Crippen molar-refractivity contribution in [2.75, 3.05) is 6.61 Å². The number of benzene rings is 1. The van der Waals surface area contributed by atoms with Crippen molar-refractivity contribution in [2.24, 2.45) is 0 Å². The first-order valence-corrected chi connectivity index (χ1v) is 6.73. The van der Waals surface area contributed by atoms with Gasteiger partial charge in [-0.3, -0.25) is 13.3 Å². The predicted octanol–water partition coefficient (Wildman–Crippen LogP) is -0.0537. The first kappa shape index (κ1) is 16.2. The summed E-state index contributed by atoms with van der Waals surface area (Å²) < 4.78 is 52.7. The largest absolute Gasteiger partial charge is 0.772 e. The van der Waals surface area contributed by atoms with Crippen LogP contribution in [0.4, 0.5) is 0 Å². The van der Waals surface area contributed by atoms with Crippen molar-refractivity contribution >= 4 is 21.5 Å². The van der Waals surface area contributed by atoms with Crippen molar-refractivity contribution in [2.45, 2.75) is 5.25 Å². The molecule has 9 heteroatoms. The molecule has 17 heavy (non-hydrogen) atoms. The van der Waals surface area contributed by atoms with Crippen molar-refractivity contribution in [3.63, 3.8) is 0 Å². The highest BCUT2D eigenvalue weighted by atomic mass is 32.3. The average Bonchev–Trinajstić information content (AvgIpc) is 2.17. The van der Waals surface area contributed by atoms with E-state index < -0.39 is 26.7 Å². The highest BCUT2D eigenvalue weighted by molar-refractivity contribution is 7.80. The third-order valence-electron chi connectivity index (χ3n) is 1.57. The fourth-order valence-corrected chi connectivity index (χ4v) is 1.45. The minimum atomic E-state index is -4.67. The van der Waals surface area contributed by atoms with Gasteiger partial charge < -0.3 is 9.66 Å². The molecule has 0 radical (unpaired) electrons. The maximum absolute atomic E-state index is 10.6. The molecule has 0 amide bonds. The zero-order valence-electron chi connectivity index (χ0n) is 8.46. The van der Waals surface area contributed by atoms with Crippen LogP contribution in [0.2, 0.25) is 0 Å². The van der Waals surface area contributed by atoms with Crippen LogP contribution in [0.25, 0.3) is 0 Å². The van der Waals surface area contributed by atoms with Crippen molar-refractivity contribution in [3.05, 3.63) is 35.9 Å². The highest BCUT2D eigenvalue weighted by Crippen LogP contribution is 2.16. The topological polar surface area (TPSA) is 135 Å². The van der Waals surface area contributed by atoms with Crippen LogP contribution in [0.3, 0.4) is 0 Å². The van der Waals surface area contributed by atoms with Gasteiger partial charge in [-0.15, -0.1) is 0 Å². The molecule has 1 rings (SSSR count). The molecule has 0 aromatic heterocycles. The van der Waals surface area contributed by atoms with E-state index in [-0.39, 0.29) is 6.61 Å². The lowest BCUT2D eigenvalue weighted by Gasteiger charge is -2.16. The SMILES string of the molecule is O=S(=O)(O)O.O=S([O-])C(CO)c1ccccc1. The van der Waals surface area contributed by atoms with Crippen LogP contribution >= 0.6 is 0 Å². The van der Waals surface area contributed by atoms with Crippen LogP contribution in [0.5, 0.6) is 0 Å². The molecule has 0 aliphatic heterocycles. The van der Waals surface area contributed by atoms with Crippen molar-refractivity contribution < 1.29 is 31.4 Å². The Hall–Kier alpha value is -0.840. The van der Waals surface area contributed by atoms with Crippen LogP contribution < -0.4 is 0 Å². The molecule has 0 heterocycles. The van der Waals surface area contributed by atoms with Gasteiger partial charge in [0.2, 0.25) is 0 Å². The van der Waals surface area contributed by atoms with Gasteiger partial charge in [0.1, 0.15) is 0 Å². The van der Waals surface area contributed by atoms with Crippen LogP contribution in [0.15, 0.2) is 30.3 Å². The van der Waals surface area contributed by atoms with Gasteiger partial charge in [0.25, 0.3) is 0 Å². The molecule has 0 saturated heterocycles. The average molecular weight is 283 g/mol. The molecule has 0 aliphatic carbocycles. The molecule has 0 fully saturated rings. The molecule has 0 spiro atoms. The predicted molar refractivity (Wildman–Crippen MR) is 59.4 cm³/mol. The van der Waals surface area contributed by atoms with E-state index in [0.717, 1.165) is 0 Å². The molecule has 98 valence electrons. The Morgan fingerprint density at radius 3 is 1.94 bits per heavy atom. The van der Waals surface area contributed by atoms with Crippen LogP contribution in [-0.4, -0.2) is 38.0 Å². The molecule has 0 bridgehead atoms. The summed E-state index contributed by atoms with van der Waals surface area (Å²) in [5, 5.41) is 7.96. The van der Waals surface area contributed by atoms with Crippen molar-refractivity contribution in [1.82, 2.24) is 0 Å². The Morgan fingerprint density at radius 2 is 1.65 bits per heavy atom. The summed E-state index contributed by atoms with van der Waals surface area (Å²) in [6, 6.07) is 8.63. The van der Waals surface area contributed by atoms with E-state index in [2.05, 4.69) is 0 Å². The fraction of sp³-hybridized carbons (Fsp3) is 0.250. The van der Waals surface area contributed by atoms with Gasteiger partial charge in [0, 0.05) is 0 Å². The molecule has 2 atom stereocenters. The Bertz CT molecular complexity index is 434. The second-order valence-corrected chi connectivity index (χ2v) is 4.78. The summed E-state index contributed by atoms with van der Waals surface area (Å²) in [6.45, 7) is -0.375. The first-order chi connectivity index (χ1) is 7.75. The molecule has 0 aliphatic rings. The number of hydrogen-bond acceptors (Lipinski definition) is 5. The summed E-state index contributed by atoms with van der Waals surface area (Å²) in [5.74, 6) is 0.